The fraction of sp³-hybridized carbons (Fsp3) is 0.118. The van der Waals surface area contributed by atoms with Crippen LogP contribution in [0.2, 0.25) is 0 Å². The fourth-order valence-electron chi connectivity index (χ4n) is 2.52. The topological polar surface area (TPSA) is 123 Å². The lowest BCUT2D eigenvalue weighted by Gasteiger charge is -2.14. The molecule has 2 aromatic rings. The first-order chi connectivity index (χ1) is 10.8. The van der Waals surface area contributed by atoms with Crippen LogP contribution in [0.15, 0.2) is 30.3 Å². The lowest BCUT2D eigenvalue weighted by atomic mass is 9.91. The second-order valence-electron chi connectivity index (χ2n) is 5.24. The molecule has 0 fully saturated rings. The minimum absolute atomic E-state index is 0.0794. The molecule has 6 nitrogen and oxygen atoms in total. The summed E-state index contributed by atoms with van der Waals surface area (Å²) in [7, 11) is 0. The molecule has 0 bridgehead atoms. The van der Waals surface area contributed by atoms with Gasteiger partial charge in [-0.3, -0.25) is 15.5 Å². The quantitative estimate of drug-likeness (QED) is 0.501. The largest absolute Gasteiger partial charge is 0.507 e. The number of carbonyl (C=O) groups excluding carboxylic acids is 1. The Bertz CT molecular complexity index is 830. The fourth-order valence-corrected chi connectivity index (χ4v) is 2.52. The molecule has 0 aliphatic rings. The molecule has 1 amide bonds. The zero-order chi connectivity index (χ0) is 17.1. The summed E-state index contributed by atoms with van der Waals surface area (Å²) in [5.41, 5.74) is 8.25. The van der Waals surface area contributed by atoms with Crippen LogP contribution in [-0.2, 0) is 0 Å². The zero-order valence-corrected chi connectivity index (χ0v) is 12.8. The lowest BCUT2D eigenvalue weighted by Crippen LogP contribution is -2.36. The minimum Gasteiger partial charge on any atom is -0.507 e. The van der Waals surface area contributed by atoms with E-state index in [1.54, 1.807) is 0 Å². The van der Waals surface area contributed by atoms with E-state index in [-0.39, 0.29) is 16.9 Å². The number of aromatic hydroxyl groups is 1. The Morgan fingerprint density at radius 1 is 1.26 bits per heavy atom. The van der Waals surface area contributed by atoms with Crippen LogP contribution < -0.4 is 11.1 Å². The summed E-state index contributed by atoms with van der Waals surface area (Å²) in [5.74, 6) is -1.55. The van der Waals surface area contributed by atoms with Crippen LogP contribution in [0.4, 0.5) is 0 Å². The van der Waals surface area contributed by atoms with E-state index in [0.717, 1.165) is 11.1 Å². The molecule has 0 saturated carbocycles. The van der Waals surface area contributed by atoms with E-state index < -0.39 is 11.9 Å². The van der Waals surface area contributed by atoms with E-state index >= 15 is 0 Å². The molecule has 116 valence electrons. The number of hydrogen-bond donors (Lipinski definition) is 4. The minimum atomic E-state index is -0.735. The van der Waals surface area contributed by atoms with Gasteiger partial charge < -0.3 is 10.8 Å². The van der Waals surface area contributed by atoms with Crippen LogP contribution >= 0.6 is 0 Å². The van der Waals surface area contributed by atoms with Crippen LogP contribution in [0.5, 0.6) is 5.75 Å². The third-order valence-corrected chi connectivity index (χ3v) is 3.29. The SMILES string of the molecule is Cc1cc(C)cc(-c2c(C#N)ccc(O)c2C(=O)NC(=N)N)c1. The predicted octanol–water partition coefficient (Wildman–Crippen LogP) is 2.17. The third-order valence-electron chi connectivity index (χ3n) is 3.29. The van der Waals surface area contributed by atoms with E-state index in [1.165, 1.54) is 12.1 Å². The number of guanidine groups is 1. The molecule has 0 heterocycles. The van der Waals surface area contributed by atoms with Gasteiger partial charge in [-0.15, -0.1) is 0 Å². The van der Waals surface area contributed by atoms with Crippen LogP contribution in [0.1, 0.15) is 27.0 Å². The molecule has 2 aromatic carbocycles. The molecular weight excluding hydrogens is 292 g/mol. The average molecular weight is 308 g/mol. The summed E-state index contributed by atoms with van der Waals surface area (Å²) < 4.78 is 0. The van der Waals surface area contributed by atoms with Crippen molar-refractivity contribution in [3.63, 3.8) is 0 Å². The van der Waals surface area contributed by atoms with Crippen LogP contribution in [0, 0.1) is 30.6 Å². The summed E-state index contributed by atoms with van der Waals surface area (Å²) in [4.78, 5) is 12.3. The van der Waals surface area contributed by atoms with Gasteiger partial charge in [0.25, 0.3) is 5.91 Å². The van der Waals surface area contributed by atoms with E-state index in [4.69, 9.17) is 11.1 Å². The maximum Gasteiger partial charge on any atom is 0.262 e. The van der Waals surface area contributed by atoms with Gasteiger partial charge >= 0.3 is 0 Å². The normalized spacial score (nSPS) is 9.96. The smallest absolute Gasteiger partial charge is 0.262 e. The van der Waals surface area contributed by atoms with E-state index in [9.17, 15) is 15.2 Å². The third kappa shape index (κ3) is 3.30. The van der Waals surface area contributed by atoms with Crippen LogP contribution in [0.25, 0.3) is 11.1 Å². The van der Waals surface area contributed by atoms with Gasteiger partial charge in [-0.1, -0.05) is 29.3 Å². The maximum absolute atomic E-state index is 12.3. The maximum atomic E-state index is 12.3. The number of carbonyl (C=O) groups is 1. The van der Waals surface area contributed by atoms with Crippen molar-refractivity contribution in [3.8, 4) is 22.9 Å². The number of aryl methyl sites for hydroxylation is 2. The predicted molar refractivity (Wildman–Crippen MR) is 87.1 cm³/mol. The van der Waals surface area contributed by atoms with Gasteiger partial charge in [-0.05, 0) is 31.5 Å². The summed E-state index contributed by atoms with van der Waals surface area (Å²) in [6.45, 7) is 3.81. The Hall–Kier alpha value is -3.33. The first-order valence-electron chi connectivity index (χ1n) is 6.83. The molecule has 0 radical (unpaired) electrons. The van der Waals surface area contributed by atoms with Crippen molar-refractivity contribution in [2.24, 2.45) is 5.73 Å². The van der Waals surface area contributed by atoms with Crippen molar-refractivity contribution < 1.29 is 9.90 Å². The highest BCUT2D eigenvalue weighted by Gasteiger charge is 2.22. The Kier molecular flexibility index (Phi) is 4.32. The summed E-state index contributed by atoms with van der Waals surface area (Å²) >= 11 is 0. The second-order valence-corrected chi connectivity index (χ2v) is 5.24. The van der Waals surface area contributed by atoms with E-state index in [0.29, 0.717) is 11.1 Å². The van der Waals surface area contributed by atoms with Gasteiger partial charge in [-0.25, -0.2) is 0 Å². The number of benzene rings is 2. The second kappa shape index (κ2) is 6.20. The Balaban J connectivity index is 2.79. The number of nitrogens with zero attached hydrogens (tertiary/aromatic N) is 1. The van der Waals surface area contributed by atoms with Crippen LogP contribution in [-0.4, -0.2) is 17.0 Å². The monoisotopic (exact) mass is 308 g/mol. The molecule has 0 atom stereocenters. The van der Waals surface area contributed by atoms with E-state index in [1.807, 2.05) is 38.1 Å². The molecule has 23 heavy (non-hydrogen) atoms. The number of phenolic OH excluding ortho intramolecular Hbond substituents is 1. The first-order valence-corrected chi connectivity index (χ1v) is 6.83. The van der Waals surface area contributed by atoms with Gasteiger partial charge in [0.2, 0.25) is 0 Å². The molecule has 0 saturated heterocycles. The molecule has 6 heteroatoms. The standard InChI is InChI=1S/C17H16N4O2/c1-9-5-10(2)7-12(6-9)14-11(8-18)3-4-13(22)15(14)16(23)21-17(19)20/h3-7,22H,1-2H3,(H4,19,20,21,23). The van der Waals surface area contributed by atoms with Gasteiger partial charge in [0.1, 0.15) is 5.75 Å². The number of phenols is 1. The highest BCUT2D eigenvalue weighted by molar-refractivity contribution is 6.10. The summed E-state index contributed by atoms with van der Waals surface area (Å²) in [6.07, 6.45) is 0. The summed E-state index contributed by atoms with van der Waals surface area (Å²) in [5, 5.41) is 28.8. The average Bonchev–Trinajstić information content (AvgIpc) is 2.44. The molecule has 0 unspecified atom stereocenters. The highest BCUT2D eigenvalue weighted by atomic mass is 16.3. The number of rotatable bonds is 2. The Labute approximate surface area is 133 Å². The highest BCUT2D eigenvalue weighted by Crippen LogP contribution is 2.34. The van der Waals surface area contributed by atoms with Crippen molar-refractivity contribution in [2.45, 2.75) is 13.8 Å². The van der Waals surface area contributed by atoms with Crippen LogP contribution in [0.3, 0.4) is 0 Å². The molecule has 0 spiro atoms. The number of nitrogens with two attached hydrogens (primary N) is 1. The van der Waals surface area contributed by atoms with Crippen molar-refractivity contribution in [1.82, 2.24) is 5.32 Å². The number of hydrogen-bond acceptors (Lipinski definition) is 4. The Morgan fingerprint density at radius 2 is 1.87 bits per heavy atom. The molecule has 0 aliphatic carbocycles. The van der Waals surface area contributed by atoms with Crippen molar-refractivity contribution >= 4 is 11.9 Å². The van der Waals surface area contributed by atoms with Gasteiger partial charge in [0.15, 0.2) is 5.96 Å². The number of nitriles is 1. The molecule has 0 aliphatic heterocycles. The molecule has 0 aromatic heterocycles. The number of amides is 1. The first kappa shape index (κ1) is 16.0. The molecular formula is C17H16N4O2. The lowest BCUT2D eigenvalue weighted by molar-refractivity contribution is 0.0974. The molecule has 5 N–H and O–H groups in total. The van der Waals surface area contributed by atoms with Gasteiger partial charge in [0.05, 0.1) is 17.2 Å². The summed E-state index contributed by atoms with van der Waals surface area (Å²) in [6, 6.07) is 10.4. The van der Waals surface area contributed by atoms with Gasteiger partial charge in [-0.2, -0.15) is 5.26 Å². The van der Waals surface area contributed by atoms with Crippen molar-refractivity contribution in [1.29, 1.82) is 10.7 Å². The van der Waals surface area contributed by atoms with Crippen molar-refractivity contribution in [3.05, 3.63) is 52.6 Å². The number of nitrogens with one attached hydrogen (secondary N) is 2. The van der Waals surface area contributed by atoms with Gasteiger partial charge in [0, 0.05) is 5.56 Å². The zero-order valence-electron chi connectivity index (χ0n) is 12.8. The van der Waals surface area contributed by atoms with Crippen molar-refractivity contribution in [2.75, 3.05) is 0 Å². The Morgan fingerprint density at radius 3 is 2.39 bits per heavy atom. The molecule has 2 rings (SSSR count). The van der Waals surface area contributed by atoms with E-state index in [2.05, 4.69) is 5.32 Å².